The predicted molar refractivity (Wildman–Crippen MR) is 94.2 cm³/mol. The zero-order chi connectivity index (χ0) is 17.7. The molecule has 2 rings (SSSR count). The summed E-state index contributed by atoms with van der Waals surface area (Å²) in [6.07, 6.45) is 2.02. The largest absolute Gasteiger partial charge is 0.493 e. The topological polar surface area (TPSA) is 106 Å². The van der Waals surface area contributed by atoms with Crippen molar-refractivity contribution in [2.24, 2.45) is 16.6 Å². The molecule has 1 fully saturated rings. The molecule has 1 heterocycles. The third kappa shape index (κ3) is 4.75. The highest BCUT2D eigenvalue weighted by Crippen LogP contribution is 2.29. The normalized spacial score (nSPS) is 19.3. The van der Waals surface area contributed by atoms with E-state index in [1.807, 2.05) is 6.07 Å². The molecule has 0 amide bonds. The first-order valence-electron chi connectivity index (χ1n) is 7.57. The van der Waals surface area contributed by atoms with Gasteiger partial charge in [0.15, 0.2) is 17.5 Å². The quantitative estimate of drug-likeness (QED) is 0.574. The number of nitrogens with zero attached hydrogens (tertiary/aromatic N) is 2. The van der Waals surface area contributed by atoms with E-state index in [1.54, 1.807) is 26.4 Å². The fourth-order valence-electron chi connectivity index (χ4n) is 2.58. The summed E-state index contributed by atoms with van der Waals surface area (Å²) in [6.45, 7) is 1.52. The number of guanidine groups is 1. The summed E-state index contributed by atoms with van der Waals surface area (Å²) < 4.78 is 34.9. The highest BCUT2D eigenvalue weighted by molar-refractivity contribution is 7.88. The van der Waals surface area contributed by atoms with Gasteiger partial charge in [-0.3, -0.25) is 4.99 Å². The SMILES string of the molecule is COc1ccc(NC(N)=NCC2CCN(S(C)(=O)=O)C2)cc1OC. The molecule has 0 aromatic heterocycles. The summed E-state index contributed by atoms with van der Waals surface area (Å²) in [7, 11) is 0.00913. The van der Waals surface area contributed by atoms with Gasteiger partial charge in [-0.2, -0.15) is 0 Å². The second-order valence-electron chi connectivity index (χ2n) is 5.70. The van der Waals surface area contributed by atoms with E-state index >= 15 is 0 Å². The van der Waals surface area contributed by atoms with Crippen molar-refractivity contribution in [3.05, 3.63) is 18.2 Å². The smallest absolute Gasteiger partial charge is 0.211 e. The van der Waals surface area contributed by atoms with Crippen LogP contribution in [0.15, 0.2) is 23.2 Å². The molecular weight excluding hydrogens is 332 g/mol. The van der Waals surface area contributed by atoms with Crippen molar-refractivity contribution in [1.29, 1.82) is 0 Å². The molecular formula is C15H24N4O4S. The van der Waals surface area contributed by atoms with E-state index in [1.165, 1.54) is 10.6 Å². The first-order valence-corrected chi connectivity index (χ1v) is 9.42. The van der Waals surface area contributed by atoms with Gasteiger partial charge in [-0.25, -0.2) is 12.7 Å². The van der Waals surface area contributed by atoms with Crippen LogP contribution >= 0.6 is 0 Å². The molecule has 1 aromatic carbocycles. The predicted octanol–water partition coefficient (Wildman–Crippen LogP) is 0.712. The summed E-state index contributed by atoms with van der Waals surface area (Å²) in [6, 6.07) is 5.35. The molecule has 1 atom stereocenters. The van der Waals surface area contributed by atoms with Crippen LogP contribution in [0.4, 0.5) is 5.69 Å². The third-order valence-corrected chi connectivity index (χ3v) is 5.16. The second kappa shape index (κ2) is 7.71. The molecule has 0 aliphatic carbocycles. The fourth-order valence-corrected chi connectivity index (χ4v) is 3.49. The Balaban J connectivity index is 1.93. The molecule has 8 nitrogen and oxygen atoms in total. The number of aliphatic imine (C=N–C) groups is 1. The second-order valence-corrected chi connectivity index (χ2v) is 7.68. The molecule has 0 radical (unpaired) electrons. The molecule has 3 N–H and O–H groups in total. The Bertz CT molecular complexity index is 705. The van der Waals surface area contributed by atoms with Gasteiger partial charge >= 0.3 is 0 Å². The molecule has 134 valence electrons. The van der Waals surface area contributed by atoms with Crippen LogP contribution in [-0.4, -0.2) is 58.8 Å². The van der Waals surface area contributed by atoms with Gasteiger partial charge in [0.1, 0.15) is 0 Å². The number of benzene rings is 1. The Morgan fingerprint density at radius 3 is 2.67 bits per heavy atom. The van der Waals surface area contributed by atoms with Crippen LogP contribution in [0.25, 0.3) is 0 Å². The van der Waals surface area contributed by atoms with E-state index in [4.69, 9.17) is 15.2 Å². The summed E-state index contributed by atoms with van der Waals surface area (Å²) >= 11 is 0. The van der Waals surface area contributed by atoms with Crippen molar-refractivity contribution in [2.75, 3.05) is 45.4 Å². The van der Waals surface area contributed by atoms with E-state index in [2.05, 4.69) is 10.3 Å². The number of ether oxygens (including phenoxy) is 2. The van der Waals surface area contributed by atoms with E-state index in [9.17, 15) is 8.42 Å². The van der Waals surface area contributed by atoms with Gasteiger partial charge < -0.3 is 20.5 Å². The van der Waals surface area contributed by atoms with Crippen LogP contribution in [0.2, 0.25) is 0 Å². The number of anilines is 1. The first kappa shape index (κ1) is 18.3. The minimum absolute atomic E-state index is 0.186. The Morgan fingerprint density at radius 2 is 2.08 bits per heavy atom. The fraction of sp³-hybridized carbons (Fsp3) is 0.533. The van der Waals surface area contributed by atoms with Gasteiger partial charge in [-0.05, 0) is 24.5 Å². The minimum atomic E-state index is -3.12. The Hall–Kier alpha value is -2.00. The molecule has 0 bridgehead atoms. The van der Waals surface area contributed by atoms with Crippen molar-refractivity contribution in [3.8, 4) is 11.5 Å². The lowest BCUT2D eigenvalue weighted by atomic mass is 10.1. The summed E-state index contributed by atoms with van der Waals surface area (Å²) in [5.41, 5.74) is 6.64. The molecule has 1 aliphatic heterocycles. The molecule has 9 heteroatoms. The van der Waals surface area contributed by atoms with Crippen molar-refractivity contribution in [3.63, 3.8) is 0 Å². The van der Waals surface area contributed by atoms with Crippen LogP contribution in [-0.2, 0) is 10.0 Å². The number of rotatable bonds is 6. The molecule has 1 aromatic rings. The Kier molecular flexibility index (Phi) is 5.89. The van der Waals surface area contributed by atoms with Crippen LogP contribution < -0.4 is 20.5 Å². The van der Waals surface area contributed by atoms with E-state index in [0.717, 1.165) is 12.1 Å². The standard InChI is InChI=1S/C15H24N4O4S/c1-22-13-5-4-12(8-14(13)23-2)18-15(16)17-9-11-6-7-19(10-11)24(3,20)21/h4-5,8,11H,6-7,9-10H2,1-3H3,(H3,16,17,18). The van der Waals surface area contributed by atoms with Crippen LogP contribution in [0.5, 0.6) is 11.5 Å². The molecule has 1 unspecified atom stereocenters. The number of hydrogen-bond acceptors (Lipinski definition) is 5. The van der Waals surface area contributed by atoms with Crippen molar-refractivity contribution in [1.82, 2.24) is 4.31 Å². The molecule has 1 saturated heterocycles. The van der Waals surface area contributed by atoms with Gasteiger partial charge in [0.05, 0.1) is 20.5 Å². The van der Waals surface area contributed by atoms with Crippen molar-refractivity contribution < 1.29 is 17.9 Å². The highest BCUT2D eigenvalue weighted by atomic mass is 32.2. The lowest BCUT2D eigenvalue weighted by Crippen LogP contribution is -2.28. The molecule has 1 aliphatic rings. The zero-order valence-electron chi connectivity index (χ0n) is 14.2. The third-order valence-electron chi connectivity index (χ3n) is 3.89. The van der Waals surface area contributed by atoms with Gasteiger partial charge in [-0.1, -0.05) is 0 Å². The summed E-state index contributed by atoms with van der Waals surface area (Å²) in [5, 5.41) is 2.99. The zero-order valence-corrected chi connectivity index (χ0v) is 15.0. The van der Waals surface area contributed by atoms with E-state index in [-0.39, 0.29) is 11.9 Å². The first-order chi connectivity index (χ1) is 11.3. The van der Waals surface area contributed by atoms with Crippen LogP contribution in [0.3, 0.4) is 0 Å². The Morgan fingerprint density at radius 1 is 1.38 bits per heavy atom. The van der Waals surface area contributed by atoms with Crippen molar-refractivity contribution >= 4 is 21.7 Å². The maximum atomic E-state index is 11.5. The van der Waals surface area contributed by atoms with Gasteiger partial charge in [0.2, 0.25) is 10.0 Å². The van der Waals surface area contributed by atoms with Gasteiger partial charge in [-0.15, -0.1) is 0 Å². The van der Waals surface area contributed by atoms with E-state index in [0.29, 0.717) is 31.1 Å². The maximum absolute atomic E-state index is 11.5. The van der Waals surface area contributed by atoms with E-state index < -0.39 is 10.0 Å². The number of methoxy groups -OCH3 is 2. The maximum Gasteiger partial charge on any atom is 0.211 e. The summed E-state index contributed by atoms with van der Waals surface area (Å²) in [5.74, 6) is 1.69. The average Bonchev–Trinajstić information content (AvgIpc) is 3.02. The van der Waals surface area contributed by atoms with Gasteiger partial charge in [0.25, 0.3) is 0 Å². The summed E-state index contributed by atoms with van der Waals surface area (Å²) in [4.78, 5) is 4.31. The minimum Gasteiger partial charge on any atom is -0.493 e. The van der Waals surface area contributed by atoms with Crippen molar-refractivity contribution in [2.45, 2.75) is 6.42 Å². The Labute approximate surface area is 142 Å². The lowest BCUT2D eigenvalue weighted by Gasteiger charge is -2.13. The average molecular weight is 356 g/mol. The number of nitrogens with one attached hydrogen (secondary N) is 1. The van der Waals surface area contributed by atoms with Gasteiger partial charge in [0, 0.05) is 31.4 Å². The highest BCUT2D eigenvalue weighted by Gasteiger charge is 2.28. The lowest BCUT2D eigenvalue weighted by molar-refractivity contribution is 0.355. The molecule has 0 saturated carbocycles. The van der Waals surface area contributed by atoms with Crippen LogP contribution in [0.1, 0.15) is 6.42 Å². The number of nitrogens with two attached hydrogens (primary N) is 1. The van der Waals surface area contributed by atoms with Crippen LogP contribution in [0, 0.1) is 5.92 Å². The monoisotopic (exact) mass is 356 g/mol. The number of hydrogen-bond donors (Lipinski definition) is 2. The molecule has 24 heavy (non-hydrogen) atoms. The number of sulfonamides is 1. The molecule has 0 spiro atoms.